The maximum Gasteiger partial charge on any atom is 0.155 e. The molecule has 2 heteroatoms. The van der Waals surface area contributed by atoms with Gasteiger partial charge in [-0.15, -0.1) is 0 Å². The highest BCUT2D eigenvalue weighted by Gasteiger charge is 2.64. The predicted molar refractivity (Wildman–Crippen MR) is 100 cm³/mol. The van der Waals surface area contributed by atoms with Gasteiger partial charge in [0.25, 0.3) is 0 Å². The molecule has 6 atom stereocenters. The molecule has 0 aromatic heterocycles. The fraction of sp³-hybridized carbons (Fsp3) is 0.826. The molecule has 0 radical (unpaired) electrons. The number of hydrogen-bond donors (Lipinski definition) is 0. The summed E-state index contributed by atoms with van der Waals surface area (Å²) in [5.41, 5.74) is 1.76. The second kappa shape index (κ2) is 5.54. The summed E-state index contributed by atoms with van der Waals surface area (Å²) in [6, 6.07) is 0. The van der Waals surface area contributed by atoms with Crippen molar-refractivity contribution in [1.29, 1.82) is 0 Å². The molecule has 0 heterocycles. The molecule has 2 nitrogen and oxygen atoms in total. The molecule has 0 aromatic carbocycles. The van der Waals surface area contributed by atoms with E-state index < -0.39 is 0 Å². The van der Waals surface area contributed by atoms with Crippen LogP contribution < -0.4 is 0 Å². The van der Waals surface area contributed by atoms with Gasteiger partial charge in [0.15, 0.2) is 5.78 Å². The Kier molecular flexibility index (Phi) is 3.87. The monoisotopic (exact) mass is 342 g/mol. The summed E-state index contributed by atoms with van der Waals surface area (Å²) in [6.07, 6.45) is 11.5. The molecule has 0 bridgehead atoms. The van der Waals surface area contributed by atoms with Crippen molar-refractivity contribution in [1.82, 2.24) is 0 Å². The number of carbonyl (C=O) groups excluding carboxylic acids is 2. The predicted octanol–water partition coefficient (Wildman–Crippen LogP) is 5.50. The average Bonchev–Trinajstić information content (AvgIpc) is 2.87. The highest BCUT2D eigenvalue weighted by molar-refractivity contribution is 5.91. The topological polar surface area (TPSA) is 34.1 Å². The number of carbonyl (C=O) groups is 2. The van der Waals surface area contributed by atoms with Crippen LogP contribution in [-0.2, 0) is 9.59 Å². The molecule has 0 saturated heterocycles. The second-order valence-corrected chi connectivity index (χ2v) is 10.1. The van der Waals surface area contributed by atoms with E-state index in [1.807, 2.05) is 13.0 Å². The molecule has 138 valence electrons. The van der Waals surface area contributed by atoms with Crippen LogP contribution >= 0.6 is 0 Å². The van der Waals surface area contributed by atoms with Gasteiger partial charge in [0, 0.05) is 18.3 Å². The summed E-state index contributed by atoms with van der Waals surface area (Å²) in [5, 5.41) is 0. The molecule has 0 spiro atoms. The molecule has 4 aliphatic rings. The van der Waals surface area contributed by atoms with E-state index in [4.69, 9.17) is 0 Å². The highest BCUT2D eigenvalue weighted by Crippen LogP contribution is 2.70. The second-order valence-electron chi connectivity index (χ2n) is 10.1. The van der Waals surface area contributed by atoms with Gasteiger partial charge in [0.2, 0.25) is 0 Å². The van der Waals surface area contributed by atoms with Crippen molar-refractivity contribution in [3.8, 4) is 0 Å². The van der Waals surface area contributed by atoms with E-state index >= 15 is 0 Å². The molecule has 4 rings (SSSR count). The Labute approximate surface area is 152 Å². The zero-order valence-corrected chi connectivity index (χ0v) is 16.5. The first-order chi connectivity index (χ1) is 11.8. The van der Waals surface area contributed by atoms with Crippen molar-refractivity contribution >= 4 is 11.6 Å². The van der Waals surface area contributed by atoms with E-state index in [1.54, 1.807) is 0 Å². The van der Waals surface area contributed by atoms with Crippen molar-refractivity contribution in [3.63, 3.8) is 0 Å². The molecule has 25 heavy (non-hydrogen) atoms. The van der Waals surface area contributed by atoms with Crippen LogP contribution in [0.15, 0.2) is 11.6 Å². The SMILES string of the molecule is CCC(=O)[C@@]1(C)CCC2C3CCC4=CC(=O)CC[C@]4(C)C3CC[C@@]21C. The first kappa shape index (κ1) is 17.5. The number of allylic oxidation sites excluding steroid dienone is 1. The van der Waals surface area contributed by atoms with Crippen molar-refractivity contribution in [2.24, 2.45) is 34.0 Å². The quantitative estimate of drug-likeness (QED) is 0.663. The molecule has 0 amide bonds. The summed E-state index contributed by atoms with van der Waals surface area (Å²) in [5.74, 6) is 3.00. The molecule has 3 unspecified atom stereocenters. The number of fused-ring (bicyclic) bond motifs is 5. The summed E-state index contributed by atoms with van der Waals surface area (Å²) >= 11 is 0. The smallest absolute Gasteiger partial charge is 0.155 e. The summed E-state index contributed by atoms with van der Waals surface area (Å²) < 4.78 is 0. The minimum atomic E-state index is -0.114. The lowest BCUT2D eigenvalue weighted by atomic mass is 9.45. The number of rotatable bonds is 2. The van der Waals surface area contributed by atoms with E-state index in [0.717, 1.165) is 37.5 Å². The van der Waals surface area contributed by atoms with Crippen LogP contribution in [0.2, 0.25) is 0 Å². The van der Waals surface area contributed by atoms with E-state index in [1.165, 1.54) is 31.3 Å². The van der Waals surface area contributed by atoms with E-state index in [2.05, 4.69) is 20.8 Å². The van der Waals surface area contributed by atoms with Gasteiger partial charge < -0.3 is 0 Å². The number of hydrogen-bond acceptors (Lipinski definition) is 2. The van der Waals surface area contributed by atoms with Gasteiger partial charge in [-0.2, -0.15) is 0 Å². The van der Waals surface area contributed by atoms with Gasteiger partial charge in [0.1, 0.15) is 5.78 Å². The summed E-state index contributed by atoms with van der Waals surface area (Å²) in [4.78, 5) is 24.8. The molecule has 3 fully saturated rings. The molecule has 0 aliphatic heterocycles. The Bertz CT molecular complexity index is 646. The third kappa shape index (κ3) is 2.15. The minimum Gasteiger partial charge on any atom is -0.299 e. The van der Waals surface area contributed by atoms with Gasteiger partial charge in [-0.3, -0.25) is 9.59 Å². The highest BCUT2D eigenvalue weighted by atomic mass is 16.1. The van der Waals surface area contributed by atoms with E-state index in [0.29, 0.717) is 23.9 Å². The fourth-order valence-electron chi connectivity index (χ4n) is 7.67. The molecule has 0 N–H and O–H groups in total. The van der Waals surface area contributed by atoms with Crippen LogP contribution in [0.5, 0.6) is 0 Å². The number of Topliss-reactive ketones (excluding diaryl/α,β-unsaturated/α-hetero) is 1. The lowest BCUT2D eigenvalue weighted by Crippen LogP contribution is -2.53. The van der Waals surface area contributed by atoms with E-state index in [-0.39, 0.29) is 16.2 Å². The largest absolute Gasteiger partial charge is 0.299 e. The third-order valence-electron chi connectivity index (χ3n) is 9.50. The Morgan fingerprint density at radius 1 is 1.04 bits per heavy atom. The van der Waals surface area contributed by atoms with Gasteiger partial charge in [-0.1, -0.05) is 33.3 Å². The first-order valence-corrected chi connectivity index (χ1v) is 10.5. The molecule has 0 aromatic rings. The Morgan fingerprint density at radius 3 is 2.48 bits per heavy atom. The van der Waals surface area contributed by atoms with Crippen molar-refractivity contribution in [3.05, 3.63) is 11.6 Å². The van der Waals surface area contributed by atoms with Crippen molar-refractivity contribution < 1.29 is 9.59 Å². The molecular weight excluding hydrogens is 308 g/mol. The van der Waals surface area contributed by atoms with Gasteiger partial charge >= 0.3 is 0 Å². The lowest BCUT2D eigenvalue weighted by molar-refractivity contribution is -0.141. The standard InChI is InChI=1S/C23H34O2/c1-5-20(25)23(4)13-10-19-17-7-6-15-14-16(24)8-11-21(15,2)18(17)9-12-22(19,23)3/h14,17-19H,5-13H2,1-4H3/t17?,18?,19?,21-,22-,23+/m0/s1. The number of ketones is 2. The minimum absolute atomic E-state index is 0.114. The zero-order valence-electron chi connectivity index (χ0n) is 16.5. The van der Waals surface area contributed by atoms with Crippen LogP contribution in [0.25, 0.3) is 0 Å². The molecular formula is C23H34O2. The maximum atomic E-state index is 12.8. The first-order valence-electron chi connectivity index (χ1n) is 10.5. The Balaban J connectivity index is 1.68. The van der Waals surface area contributed by atoms with Gasteiger partial charge in [0.05, 0.1) is 0 Å². The van der Waals surface area contributed by atoms with Crippen LogP contribution in [-0.4, -0.2) is 11.6 Å². The van der Waals surface area contributed by atoms with Crippen LogP contribution in [0, 0.1) is 34.0 Å². The Hall–Kier alpha value is -0.920. The normalized spacial score (nSPS) is 49.0. The fourth-order valence-corrected chi connectivity index (χ4v) is 7.67. The van der Waals surface area contributed by atoms with Crippen molar-refractivity contribution in [2.45, 2.75) is 85.5 Å². The zero-order chi connectivity index (χ0) is 18.0. The van der Waals surface area contributed by atoms with Crippen LogP contribution in [0.4, 0.5) is 0 Å². The third-order valence-corrected chi connectivity index (χ3v) is 9.50. The lowest BCUT2D eigenvalue weighted by Gasteiger charge is -2.59. The maximum absolute atomic E-state index is 12.8. The summed E-state index contributed by atoms with van der Waals surface area (Å²) in [7, 11) is 0. The molecule has 3 saturated carbocycles. The van der Waals surface area contributed by atoms with Crippen LogP contribution in [0.1, 0.15) is 85.5 Å². The molecule has 4 aliphatic carbocycles. The van der Waals surface area contributed by atoms with Crippen LogP contribution in [0.3, 0.4) is 0 Å². The summed E-state index contributed by atoms with van der Waals surface area (Å²) in [6.45, 7) is 9.19. The Morgan fingerprint density at radius 2 is 1.76 bits per heavy atom. The van der Waals surface area contributed by atoms with Gasteiger partial charge in [-0.05, 0) is 79.6 Å². The van der Waals surface area contributed by atoms with Gasteiger partial charge in [-0.25, -0.2) is 0 Å². The average molecular weight is 343 g/mol. The van der Waals surface area contributed by atoms with Crippen molar-refractivity contribution in [2.75, 3.05) is 0 Å². The van der Waals surface area contributed by atoms with E-state index in [9.17, 15) is 9.59 Å².